The van der Waals surface area contributed by atoms with Gasteiger partial charge in [-0.3, -0.25) is 0 Å². The maximum Gasteiger partial charge on any atom is 0.216 e. The van der Waals surface area contributed by atoms with Gasteiger partial charge >= 0.3 is 0 Å². The van der Waals surface area contributed by atoms with Crippen molar-refractivity contribution >= 4 is 38.4 Å². The smallest absolute Gasteiger partial charge is 0.216 e. The Balaban J connectivity index is 1.89. The first-order valence-electron chi connectivity index (χ1n) is 8.88. The van der Waals surface area contributed by atoms with E-state index in [0.717, 1.165) is 38.8 Å². The summed E-state index contributed by atoms with van der Waals surface area (Å²) < 4.78 is 8.43. The van der Waals surface area contributed by atoms with E-state index in [1.54, 1.807) is 0 Å². The van der Waals surface area contributed by atoms with Crippen molar-refractivity contribution in [2.24, 2.45) is 7.05 Å². The lowest BCUT2D eigenvalue weighted by atomic mass is 9.99. The first kappa shape index (κ1) is 15.6. The molecule has 0 fully saturated rings. The van der Waals surface area contributed by atoms with Crippen LogP contribution in [0.2, 0.25) is 0 Å². The lowest BCUT2D eigenvalue weighted by molar-refractivity contribution is -0.659. The standard InChI is InChI=1S/C24H17N2O/c1-15-8-10-20-19-11-9-18(25-2)13-22(19)27-24(20)23(15)21-12-16-6-4-5-7-17(16)14-26(21)3/h4-14H,1,3H3/q+1. The second kappa shape index (κ2) is 5.69. The molecule has 3 heteroatoms. The molecule has 0 atom stereocenters. The largest absolute Gasteiger partial charge is 0.456 e. The van der Waals surface area contributed by atoms with E-state index >= 15 is 0 Å². The first-order chi connectivity index (χ1) is 13.2. The van der Waals surface area contributed by atoms with Gasteiger partial charge in [0, 0.05) is 22.2 Å². The highest BCUT2D eigenvalue weighted by atomic mass is 16.3. The van der Waals surface area contributed by atoms with Crippen LogP contribution in [0, 0.1) is 13.5 Å². The Morgan fingerprint density at radius 1 is 0.926 bits per heavy atom. The number of rotatable bonds is 1. The predicted octanol–water partition coefficient (Wildman–Crippen LogP) is 6.09. The van der Waals surface area contributed by atoms with Gasteiger partial charge in [0.25, 0.3) is 0 Å². The van der Waals surface area contributed by atoms with Crippen LogP contribution >= 0.6 is 0 Å². The molecule has 0 bridgehead atoms. The van der Waals surface area contributed by atoms with Gasteiger partial charge < -0.3 is 4.42 Å². The topological polar surface area (TPSA) is 21.4 Å². The number of fused-ring (bicyclic) bond motifs is 4. The average Bonchev–Trinajstić information content (AvgIpc) is 3.05. The van der Waals surface area contributed by atoms with E-state index in [2.05, 4.69) is 72.0 Å². The Labute approximate surface area is 156 Å². The molecule has 0 spiro atoms. The van der Waals surface area contributed by atoms with Gasteiger partial charge in [-0.15, -0.1) is 0 Å². The van der Waals surface area contributed by atoms with E-state index in [1.807, 2.05) is 18.2 Å². The zero-order valence-electron chi connectivity index (χ0n) is 15.2. The second-order valence-electron chi connectivity index (χ2n) is 6.93. The molecule has 0 aliphatic carbocycles. The van der Waals surface area contributed by atoms with Crippen LogP contribution in [-0.2, 0) is 7.05 Å². The van der Waals surface area contributed by atoms with Crippen LogP contribution in [0.5, 0.6) is 0 Å². The molecular formula is C24H17N2O+. The number of furan rings is 1. The normalized spacial score (nSPS) is 11.3. The fourth-order valence-corrected chi connectivity index (χ4v) is 3.85. The molecule has 0 amide bonds. The van der Waals surface area contributed by atoms with Gasteiger partial charge in [-0.05, 0) is 30.0 Å². The number of hydrogen-bond acceptors (Lipinski definition) is 1. The van der Waals surface area contributed by atoms with Crippen molar-refractivity contribution in [1.29, 1.82) is 0 Å². The minimum absolute atomic E-state index is 0.594. The third-order valence-electron chi connectivity index (χ3n) is 5.22. The Morgan fingerprint density at radius 3 is 2.52 bits per heavy atom. The molecule has 0 saturated carbocycles. The van der Waals surface area contributed by atoms with Crippen LogP contribution in [0.15, 0.2) is 71.3 Å². The fourth-order valence-electron chi connectivity index (χ4n) is 3.85. The van der Waals surface area contributed by atoms with Crippen molar-refractivity contribution in [1.82, 2.24) is 0 Å². The molecule has 2 aromatic heterocycles. The van der Waals surface area contributed by atoms with E-state index in [0.29, 0.717) is 5.69 Å². The third-order valence-corrected chi connectivity index (χ3v) is 5.22. The molecule has 5 aromatic rings. The van der Waals surface area contributed by atoms with Crippen LogP contribution < -0.4 is 4.57 Å². The van der Waals surface area contributed by atoms with Crippen LogP contribution in [0.1, 0.15) is 5.56 Å². The summed E-state index contributed by atoms with van der Waals surface area (Å²) in [5.74, 6) is 0. The molecular weight excluding hydrogens is 332 g/mol. The van der Waals surface area contributed by atoms with Gasteiger partial charge in [0.1, 0.15) is 18.2 Å². The third kappa shape index (κ3) is 2.31. The molecule has 0 N–H and O–H groups in total. The molecule has 0 saturated heterocycles. The first-order valence-corrected chi connectivity index (χ1v) is 8.88. The average molecular weight is 349 g/mol. The molecule has 2 heterocycles. The van der Waals surface area contributed by atoms with Crippen molar-refractivity contribution in [3.63, 3.8) is 0 Å². The molecule has 27 heavy (non-hydrogen) atoms. The molecule has 3 aromatic carbocycles. The molecule has 0 unspecified atom stereocenters. The zero-order chi connectivity index (χ0) is 18.5. The quantitative estimate of drug-likeness (QED) is 0.265. The fraction of sp³-hybridized carbons (Fsp3) is 0.0833. The van der Waals surface area contributed by atoms with Crippen molar-refractivity contribution in [3.8, 4) is 11.3 Å². The van der Waals surface area contributed by atoms with Crippen LogP contribution in [-0.4, -0.2) is 0 Å². The van der Waals surface area contributed by atoms with E-state index < -0.39 is 0 Å². The molecule has 3 nitrogen and oxygen atoms in total. The van der Waals surface area contributed by atoms with Crippen molar-refractivity contribution in [3.05, 3.63) is 83.8 Å². The summed E-state index contributed by atoms with van der Waals surface area (Å²) >= 11 is 0. The monoisotopic (exact) mass is 349 g/mol. The zero-order valence-corrected chi connectivity index (χ0v) is 15.2. The van der Waals surface area contributed by atoms with Gasteiger partial charge in [0.2, 0.25) is 5.69 Å². The summed E-state index contributed by atoms with van der Waals surface area (Å²) in [6.45, 7) is 9.36. The highest BCUT2D eigenvalue weighted by molar-refractivity contribution is 6.10. The molecule has 128 valence electrons. The lowest BCUT2D eigenvalue weighted by Gasteiger charge is -2.07. The van der Waals surface area contributed by atoms with Gasteiger partial charge in [-0.2, -0.15) is 0 Å². The number of hydrogen-bond donors (Lipinski definition) is 0. The SMILES string of the molecule is [C-]#[N+]c1ccc2c(c1)oc1c(-c3cc4ccccc4c[n+]3C)c(C)ccc12. The van der Waals surface area contributed by atoms with Crippen molar-refractivity contribution < 1.29 is 8.98 Å². The summed E-state index contributed by atoms with van der Waals surface area (Å²) in [7, 11) is 2.07. The second-order valence-corrected chi connectivity index (χ2v) is 6.93. The summed E-state index contributed by atoms with van der Waals surface area (Å²) in [5, 5.41) is 4.53. The lowest BCUT2D eigenvalue weighted by Crippen LogP contribution is -2.30. The predicted molar refractivity (Wildman–Crippen MR) is 109 cm³/mol. The van der Waals surface area contributed by atoms with E-state index in [-0.39, 0.29) is 0 Å². The summed E-state index contributed by atoms with van der Waals surface area (Å²) in [5.41, 5.74) is 5.60. The number of pyridine rings is 1. The van der Waals surface area contributed by atoms with Crippen LogP contribution in [0.3, 0.4) is 0 Å². The maximum atomic E-state index is 7.25. The Kier molecular flexibility index (Phi) is 3.29. The van der Waals surface area contributed by atoms with E-state index in [1.165, 1.54) is 10.8 Å². The molecule has 5 rings (SSSR count). The Bertz CT molecular complexity index is 1400. The van der Waals surface area contributed by atoms with Crippen molar-refractivity contribution in [2.45, 2.75) is 6.92 Å². The van der Waals surface area contributed by atoms with Gasteiger partial charge in [0.05, 0.1) is 12.1 Å². The van der Waals surface area contributed by atoms with E-state index in [4.69, 9.17) is 11.0 Å². The van der Waals surface area contributed by atoms with E-state index in [9.17, 15) is 0 Å². The van der Waals surface area contributed by atoms with Crippen LogP contribution in [0.4, 0.5) is 5.69 Å². The number of benzene rings is 3. The molecule has 0 aliphatic rings. The van der Waals surface area contributed by atoms with Gasteiger partial charge in [-0.25, -0.2) is 9.41 Å². The highest BCUT2D eigenvalue weighted by Crippen LogP contribution is 2.38. The summed E-state index contributed by atoms with van der Waals surface area (Å²) in [6, 6.07) is 20.5. The Morgan fingerprint density at radius 2 is 1.70 bits per heavy atom. The highest BCUT2D eigenvalue weighted by Gasteiger charge is 2.21. The maximum absolute atomic E-state index is 7.25. The van der Waals surface area contributed by atoms with Gasteiger partial charge in [0.15, 0.2) is 11.9 Å². The minimum Gasteiger partial charge on any atom is -0.456 e. The Hall–Kier alpha value is -3.64. The summed E-state index contributed by atoms with van der Waals surface area (Å²) in [6.07, 6.45) is 2.16. The minimum atomic E-state index is 0.594. The molecule has 0 radical (unpaired) electrons. The number of aromatic nitrogens is 1. The summed E-state index contributed by atoms with van der Waals surface area (Å²) in [4.78, 5) is 3.52. The van der Waals surface area contributed by atoms with Gasteiger partial charge in [-0.1, -0.05) is 42.5 Å². The molecule has 0 aliphatic heterocycles. The van der Waals surface area contributed by atoms with Crippen LogP contribution in [0.25, 0.3) is 48.8 Å². The number of aryl methyl sites for hydroxylation is 2. The van der Waals surface area contributed by atoms with Crippen molar-refractivity contribution in [2.75, 3.05) is 0 Å². The number of nitrogens with zero attached hydrogens (tertiary/aromatic N) is 2.